The number of aromatic amines is 2. The maximum absolute atomic E-state index is 13.2. The summed E-state index contributed by atoms with van der Waals surface area (Å²) < 4.78 is 94.5. The Kier molecular flexibility index (Phi) is 14.8. The highest BCUT2D eigenvalue weighted by Gasteiger charge is 2.50. The molecule has 0 aromatic carbocycles. The summed E-state index contributed by atoms with van der Waals surface area (Å²) in [5, 5.41) is 43.0. The first-order chi connectivity index (χ1) is 30.0. The average molecular weight is 1020 g/mol. The van der Waals surface area contributed by atoms with Gasteiger partial charge in [0.1, 0.15) is 36.6 Å². The molecule has 0 radical (unpaired) electrons. The second kappa shape index (κ2) is 18.9. The summed E-state index contributed by atoms with van der Waals surface area (Å²) >= 11 is 0. The first kappa shape index (κ1) is 50.9. The molecule has 38 heteroatoms. The second-order valence-electron chi connectivity index (χ2n) is 14.7. The number of imidazole rings is 2. The smallest absolute Gasteiger partial charge is 0.387 e. The van der Waals surface area contributed by atoms with Crippen molar-refractivity contribution in [2.24, 2.45) is 19.5 Å². The molecule has 16 N–H and O–H groups in total. The number of fused-ring (bicyclic) bond motifs is 2. The predicted molar refractivity (Wildman–Crippen MR) is 206 cm³/mol. The molecule has 4 aromatic heterocycles. The molecule has 2 aliphatic rings. The fourth-order valence-electron chi connectivity index (χ4n) is 6.64. The Balaban J connectivity index is 1.14. The minimum atomic E-state index is -5.53. The van der Waals surface area contributed by atoms with E-state index in [1.807, 2.05) is 0 Å². The number of nitrogens with two attached hydrogens (primary N) is 2. The fraction of sp³-hybridized carbons (Fsp3) is 0.630. The van der Waals surface area contributed by atoms with Crippen molar-refractivity contribution >= 4 is 65.5 Å². The molecule has 6 rings (SSSR count). The first-order valence-corrected chi connectivity index (χ1v) is 24.2. The Labute approximate surface area is 361 Å². The normalized spacial score (nSPS) is 26.3. The molecule has 0 amide bonds. The Morgan fingerprint density at radius 1 is 0.631 bits per heavy atom. The maximum Gasteiger partial charge on any atom is 0.472 e. The molecule has 2 fully saturated rings. The Hall–Kier alpha value is -3.50. The summed E-state index contributed by atoms with van der Waals surface area (Å²) in [4.78, 5) is 96.4. The second-order valence-corrected chi connectivity index (χ2v) is 20.1. The number of aryl methyl sites for hydroxylation is 2. The number of nitrogens with one attached hydrogen (secondary N) is 2. The van der Waals surface area contributed by atoms with Gasteiger partial charge in [-0.3, -0.25) is 55.8 Å². The largest absolute Gasteiger partial charge is 0.472 e. The lowest BCUT2D eigenvalue weighted by Gasteiger charge is -2.33. The van der Waals surface area contributed by atoms with E-state index in [0.717, 1.165) is 9.13 Å². The van der Waals surface area contributed by atoms with Gasteiger partial charge in [0.05, 0.1) is 59.2 Å². The fourth-order valence-corrected chi connectivity index (χ4v) is 9.22. The highest BCUT2D eigenvalue weighted by atomic mass is 31.2. The van der Waals surface area contributed by atoms with Gasteiger partial charge in [-0.05, 0) is 0 Å². The third-order valence-electron chi connectivity index (χ3n) is 9.75. The summed E-state index contributed by atoms with van der Waals surface area (Å²) in [6.45, 7) is -7.90. The van der Waals surface area contributed by atoms with E-state index in [-0.39, 0.29) is 34.2 Å². The lowest BCUT2D eigenvalue weighted by Crippen LogP contribution is -2.46. The lowest BCUT2D eigenvalue weighted by atomic mass is 9.93. The summed E-state index contributed by atoms with van der Waals surface area (Å²) in [6, 6.07) is 0. The van der Waals surface area contributed by atoms with Crippen molar-refractivity contribution in [3.63, 3.8) is 0 Å². The van der Waals surface area contributed by atoms with Crippen molar-refractivity contribution in [3.8, 4) is 0 Å². The molecule has 3 unspecified atom stereocenters. The molecule has 0 spiro atoms. The van der Waals surface area contributed by atoms with E-state index >= 15 is 0 Å². The summed E-state index contributed by atoms with van der Waals surface area (Å²) in [7, 11) is -19.1. The van der Waals surface area contributed by atoms with Gasteiger partial charge in [-0.1, -0.05) is 9.97 Å². The number of nitrogens with zero attached hydrogens (tertiary/aromatic N) is 6. The van der Waals surface area contributed by atoms with Crippen molar-refractivity contribution in [3.05, 3.63) is 33.4 Å². The number of aromatic nitrogens is 8. The third-order valence-corrected chi connectivity index (χ3v) is 12.5. The third kappa shape index (κ3) is 11.8. The van der Waals surface area contributed by atoms with Crippen LogP contribution in [0.5, 0.6) is 0 Å². The van der Waals surface area contributed by atoms with Crippen LogP contribution in [0, 0.1) is 5.41 Å². The zero-order valence-corrected chi connectivity index (χ0v) is 36.9. The van der Waals surface area contributed by atoms with Crippen LogP contribution in [0.3, 0.4) is 0 Å². The van der Waals surface area contributed by atoms with Gasteiger partial charge in [0.2, 0.25) is 23.5 Å². The SMILES string of the molecule is Cn1c[n+]([C@@H]2O[C@H](COP(=O)(O)OCC(COP(=O)(O)O)(COP(=O)(O)O)COP(=O)(O)OCC3O[C@@H]([n+]4cn(C)c5c(=O)[nH]c(N)nc54)[C@H](O)[C@@H]3O)[C@@H](O)[C@H]2O)c2nc(N)[nH]c(=O)c21. The van der Waals surface area contributed by atoms with E-state index in [4.69, 9.17) is 39.0 Å². The van der Waals surface area contributed by atoms with E-state index in [0.29, 0.717) is 0 Å². The number of anilines is 2. The molecule has 364 valence electrons. The number of phosphoric ester groups is 4. The van der Waals surface area contributed by atoms with Gasteiger partial charge < -0.3 is 70.7 Å². The molecule has 2 aliphatic heterocycles. The van der Waals surface area contributed by atoms with Crippen molar-refractivity contribution in [2.75, 3.05) is 51.1 Å². The quantitative estimate of drug-likeness (QED) is 0.0289. The number of hydrogen-bond acceptors (Lipinski definition) is 22. The Bertz CT molecular complexity index is 2540. The van der Waals surface area contributed by atoms with Gasteiger partial charge in [0.15, 0.2) is 12.7 Å². The van der Waals surface area contributed by atoms with E-state index in [2.05, 4.69) is 29.0 Å². The molecule has 34 nitrogen and oxygen atoms in total. The number of aliphatic hydroxyl groups is 4. The zero-order chi connectivity index (χ0) is 48.2. The van der Waals surface area contributed by atoms with Crippen LogP contribution in [-0.2, 0) is 69.0 Å². The number of nitrogen functional groups attached to an aromatic ring is 2. The predicted octanol–water partition coefficient (Wildman–Crippen LogP) is -6.01. The molecular formula is C27H44N10O24P4+2. The van der Waals surface area contributed by atoms with E-state index in [9.17, 15) is 77.6 Å². The average Bonchev–Trinajstić information content (AvgIpc) is 3.88. The molecule has 65 heavy (non-hydrogen) atoms. The van der Waals surface area contributed by atoms with Crippen LogP contribution >= 0.6 is 31.3 Å². The Morgan fingerprint density at radius 2 is 0.969 bits per heavy atom. The van der Waals surface area contributed by atoms with Crippen molar-refractivity contribution in [1.82, 2.24) is 29.1 Å². The highest BCUT2D eigenvalue weighted by molar-refractivity contribution is 7.47. The van der Waals surface area contributed by atoms with Crippen molar-refractivity contribution in [1.29, 1.82) is 0 Å². The van der Waals surface area contributed by atoms with Gasteiger partial charge in [0, 0.05) is 0 Å². The van der Waals surface area contributed by atoms with Gasteiger partial charge in [-0.2, -0.15) is 0 Å². The molecule has 0 aliphatic carbocycles. The Morgan fingerprint density at radius 3 is 1.31 bits per heavy atom. The van der Waals surface area contributed by atoms with Gasteiger partial charge in [0.25, 0.3) is 23.0 Å². The van der Waals surface area contributed by atoms with Crippen molar-refractivity contribution in [2.45, 2.75) is 49.1 Å². The molecule has 6 heterocycles. The monoisotopic (exact) mass is 1020 g/mol. The van der Waals surface area contributed by atoms with Crippen LogP contribution in [0.2, 0.25) is 0 Å². The van der Waals surface area contributed by atoms with Gasteiger partial charge >= 0.3 is 42.6 Å². The lowest BCUT2D eigenvalue weighted by molar-refractivity contribution is -0.746. The minimum Gasteiger partial charge on any atom is -0.387 e. The molecule has 2 saturated heterocycles. The van der Waals surface area contributed by atoms with Crippen molar-refractivity contribution < 1.29 is 114 Å². The molecule has 10 atom stereocenters. The minimum absolute atomic E-state index is 0.0175. The molecule has 0 saturated carbocycles. The van der Waals surface area contributed by atoms with Crippen LogP contribution < -0.4 is 31.7 Å². The van der Waals surface area contributed by atoms with E-state index in [1.165, 1.54) is 35.9 Å². The standard InChI is InChI=1S/C27H42N10O24P4/c1-34-9-36(19-13(34)21(42)32-25(28)30-19)23-17(40)15(38)11(60-23)3-54-64(50,51)58-7-27(5-56-62(44,45)46,6-57-63(47,48)49)8-59-65(52,53)55-4-12-16(39)18(41)24(61-12)37-10-35(2)14-20(37)31-26(29)33-22(14)43/h9-12,15-18,23-24,38-41H,3-8H2,1-2H3,(H10-2,28,29,30,31,32,33,42,43,44,45,46,47,48,49,50,51,52,53)/p+2/t11-,12?,15-,16-,17-,18-,23-,24-/m1/s1. The summed E-state index contributed by atoms with van der Waals surface area (Å²) in [6.07, 6.45) is -10.9. The van der Waals surface area contributed by atoms with Crippen LogP contribution in [0.4, 0.5) is 11.9 Å². The van der Waals surface area contributed by atoms with Crippen LogP contribution in [0.1, 0.15) is 12.5 Å². The number of phosphoric acid groups is 4. The maximum atomic E-state index is 13.2. The summed E-state index contributed by atoms with van der Waals surface area (Å²) in [5.74, 6) is -0.615. The van der Waals surface area contributed by atoms with E-state index in [1.54, 1.807) is 0 Å². The number of rotatable bonds is 20. The van der Waals surface area contributed by atoms with Gasteiger partial charge in [-0.25, -0.2) is 27.4 Å². The van der Waals surface area contributed by atoms with E-state index < -0.39 is 137 Å². The number of H-pyrrole nitrogens is 2. The zero-order valence-electron chi connectivity index (χ0n) is 33.3. The van der Waals surface area contributed by atoms with Crippen LogP contribution in [0.15, 0.2) is 22.2 Å². The summed E-state index contributed by atoms with van der Waals surface area (Å²) in [5.41, 5.74) is 7.13. The molecular weight excluding hydrogens is 972 g/mol. The highest BCUT2D eigenvalue weighted by Crippen LogP contribution is 2.51. The molecule has 0 bridgehead atoms. The van der Waals surface area contributed by atoms with Gasteiger partial charge in [-0.15, -0.1) is 0 Å². The first-order valence-electron chi connectivity index (χ1n) is 18.2. The van der Waals surface area contributed by atoms with Crippen LogP contribution in [-0.4, -0.2) is 155 Å². The molecule has 4 aromatic rings. The topological polar surface area (TPSA) is 506 Å². The number of aliphatic hydroxyl groups excluding tert-OH is 4. The van der Waals surface area contributed by atoms with Crippen LogP contribution in [0.25, 0.3) is 22.3 Å². The number of hydrogen-bond donors (Lipinski definition) is 14. The number of ether oxygens (including phenoxy) is 2.